The van der Waals surface area contributed by atoms with Crippen LogP contribution in [0, 0.1) is 16.7 Å². The zero-order valence-corrected chi connectivity index (χ0v) is 27.6. The molecular weight excluding hydrogens is 654 g/mol. The molecule has 7 rings (SSSR count). The van der Waals surface area contributed by atoms with Gasteiger partial charge >= 0.3 is 11.9 Å². The number of nitrogens with one attached hydrogen (secondary N) is 2. The molecule has 4 aromatic rings. The van der Waals surface area contributed by atoms with Gasteiger partial charge in [0.25, 0.3) is 16.8 Å². The SMILES string of the molecule is C.CCOC(=O)C12CCC(CN)(CC1)C(C)C2.Cl.Nc1c(NCc2cccc(CNC(=O)c3cc(C(=O)O)n4nccc4n3)c2)c(=O)c1=O. The third-order valence-electron chi connectivity index (χ3n) is 9.73. The molecule has 2 aromatic heterocycles. The van der Waals surface area contributed by atoms with Crippen molar-refractivity contribution in [2.45, 2.75) is 66.5 Å². The fourth-order valence-electron chi connectivity index (χ4n) is 6.78. The van der Waals surface area contributed by atoms with Crippen molar-refractivity contribution in [2.24, 2.45) is 22.5 Å². The number of nitrogens with two attached hydrogens (primary N) is 2. The summed E-state index contributed by atoms with van der Waals surface area (Å²) in [6.07, 6.45) is 6.53. The van der Waals surface area contributed by atoms with Gasteiger partial charge in [0.1, 0.15) is 17.1 Å². The van der Waals surface area contributed by atoms with E-state index in [1.165, 1.54) is 12.3 Å². The largest absolute Gasteiger partial charge is 0.477 e. The molecular formula is C34H44ClN7O7. The van der Waals surface area contributed by atoms with Gasteiger partial charge in [-0.15, -0.1) is 12.4 Å². The van der Waals surface area contributed by atoms with Gasteiger partial charge in [0, 0.05) is 25.2 Å². The molecule has 49 heavy (non-hydrogen) atoms. The molecule has 3 aliphatic rings. The topological polar surface area (TPSA) is 221 Å². The van der Waals surface area contributed by atoms with Crippen molar-refractivity contribution in [3.63, 3.8) is 0 Å². The average Bonchev–Trinajstić information content (AvgIpc) is 3.56. The van der Waals surface area contributed by atoms with Crippen LogP contribution in [0.25, 0.3) is 5.65 Å². The van der Waals surface area contributed by atoms with Crippen molar-refractivity contribution in [1.82, 2.24) is 19.9 Å². The number of carbonyl (C=O) groups excluding carboxylic acids is 2. The van der Waals surface area contributed by atoms with E-state index < -0.39 is 22.7 Å². The zero-order valence-electron chi connectivity index (χ0n) is 26.8. The first kappa shape index (κ1) is 38.6. The van der Waals surface area contributed by atoms with Crippen molar-refractivity contribution in [2.75, 3.05) is 24.2 Å². The number of carboxylic acids is 1. The summed E-state index contributed by atoms with van der Waals surface area (Å²) in [6, 6.07) is 9.86. The third-order valence-corrected chi connectivity index (χ3v) is 9.73. The van der Waals surface area contributed by atoms with E-state index in [4.69, 9.17) is 16.2 Å². The van der Waals surface area contributed by atoms with Crippen LogP contribution in [0.5, 0.6) is 0 Å². The third kappa shape index (κ3) is 7.60. The number of nitrogen functional groups attached to an aromatic ring is 1. The van der Waals surface area contributed by atoms with Gasteiger partial charge in [-0.25, -0.2) is 14.3 Å². The molecule has 3 saturated carbocycles. The van der Waals surface area contributed by atoms with Crippen LogP contribution in [0.2, 0.25) is 0 Å². The van der Waals surface area contributed by atoms with Crippen molar-refractivity contribution >= 4 is 47.3 Å². The minimum Gasteiger partial charge on any atom is -0.477 e. The molecule has 3 aliphatic carbocycles. The quantitative estimate of drug-likeness (QED) is 0.119. The molecule has 2 bridgehead atoms. The Morgan fingerprint density at radius 3 is 2.33 bits per heavy atom. The lowest BCUT2D eigenvalue weighted by Crippen LogP contribution is -2.53. The lowest BCUT2D eigenvalue weighted by Gasteiger charge is -2.55. The number of amides is 1. The highest BCUT2D eigenvalue weighted by Gasteiger charge is 2.56. The van der Waals surface area contributed by atoms with Crippen molar-refractivity contribution in [3.8, 4) is 0 Å². The van der Waals surface area contributed by atoms with Gasteiger partial charge in [0.2, 0.25) is 0 Å². The van der Waals surface area contributed by atoms with Crippen LogP contribution < -0.4 is 33.0 Å². The molecule has 0 radical (unpaired) electrons. The normalized spacial score (nSPS) is 20.7. The minimum absolute atomic E-state index is 0. The maximum atomic E-state index is 12.5. The van der Waals surface area contributed by atoms with Gasteiger partial charge in [-0.2, -0.15) is 5.10 Å². The number of hydrogen-bond acceptors (Lipinski definition) is 11. The monoisotopic (exact) mass is 697 g/mol. The number of nitrogens with zero attached hydrogens (tertiary/aromatic N) is 3. The van der Waals surface area contributed by atoms with Crippen LogP contribution >= 0.6 is 12.4 Å². The lowest BCUT2D eigenvalue weighted by molar-refractivity contribution is -0.169. The molecule has 0 saturated heterocycles. The maximum Gasteiger partial charge on any atom is 0.354 e. The number of ether oxygens (including phenoxy) is 1. The number of aromatic nitrogens is 3. The summed E-state index contributed by atoms with van der Waals surface area (Å²) in [5.74, 6) is -1.17. The van der Waals surface area contributed by atoms with Gasteiger partial charge in [-0.3, -0.25) is 19.2 Å². The van der Waals surface area contributed by atoms with Gasteiger partial charge in [-0.05, 0) is 68.0 Å². The standard InChI is InChI=1S/C20H16N6O5.C13H23NO2.CH4.ClH/c21-15-16(18(28)17(15)27)22-8-10-2-1-3-11(6-10)9-23-19(29)12-7-13(20(30)31)26-14(25-12)4-5-24-26;1-3-16-11(15)12-4-6-13(9-14,7-5-12)10(2)8-12;;/h1-7,22H,8-9,21H2,(H,23,29)(H,30,31);10H,3-9,14H2,1-2H3;1H4;1H. The van der Waals surface area contributed by atoms with E-state index in [1.807, 2.05) is 19.1 Å². The predicted octanol–water partition coefficient (Wildman–Crippen LogP) is 3.30. The number of aromatic carboxylic acids is 1. The van der Waals surface area contributed by atoms with E-state index in [9.17, 15) is 29.1 Å². The Bertz CT molecular complexity index is 1890. The Labute approximate surface area is 289 Å². The molecule has 264 valence electrons. The molecule has 2 heterocycles. The maximum absolute atomic E-state index is 12.5. The summed E-state index contributed by atoms with van der Waals surface area (Å²) in [4.78, 5) is 62.7. The Morgan fingerprint density at radius 2 is 1.73 bits per heavy atom. The van der Waals surface area contributed by atoms with Crippen LogP contribution in [0.3, 0.4) is 0 Å². The number of esters is 1. The lowest BCUT2D eigenvalue weighted by atomic mass is 9.49. The summed E-state index contributed by atoms with van der Waals surface area (Å²) in [5.41, 5.74) is 11.9. The van der Waals surface area contributed by atoms with Gasteiger partial charge in [0.05, 0.1) is 18.2 Å². The second-order valence-electron chi connectivity index (χ2n) is 12.4. The number of anilines is 2. The highest BCUT2D eigenvalue weighted by atomic mass is 35.5. The fourth-order valence-corrected chi connectivity index (χ4v) is 6.78. The molecule has 1 unspecified atom stereocenters. The smallest absolute Gasteiger partial charge is 0.354 e. The van der Waals surface area contributed by atoms with Crippen molar-refractivity contribution < 1.29 is 24.2 Å². The number of hydrogen-bond donors (Lipinski definition) is 5. The van der Waals surface area contributed by atoms with E-state index in [0.717, 1.165) is 60.4 Å². The molecule has 15 heteroatoms. The summed E-state index contributed by atoms with van der Waals surface area (Å²) < 4.78 is 6.38. The van der Waals surface area contributed by atoms with E-state index >= 15 is 0 Å². The van der Waals surface area contributed by atoms with Crippen LogP contribution in [0.15, 0.2) is 52.2 Å². The summed E-state index contributed by atoms with van der Waals surface area (Å²) in [6.45, 7) is 5.85. The molecule has 0 aliphatic heterocycles. The molecule has 1 atom stereocenters. The van der Waals surface area contributed by atoms with Crippen LogP contribution in [-0.2, 0) is 22.6 Å². The van der Waals surface area contributed by atoms with Crippen molar-refractivity contribution in [3.05, 3.63) is 85.6 Å². The minimum atomic E-state index is -1.23. The molecule has 3 fully saturated rings. The molecule has 0 spiro atoms. The van der Waals surface area contributed by atoms with Gasteiger partial charge in [0.15, 0.2) is 11.3 Å². The summed E-state index contributed by atoms with van der Waals surface area (Å²) in [7, 11) is 0. The molecule has 7 N–H and O–H groups in total. The van der Waals surface area contributed by atoms with E-state index in [1.54, 1.807) is 12.1 Å². The highest BCUT2D eigenvalue weighted by molar-refractivity contribution is 5.96. The van der Waals surface area contributed by atoms with Crippen LogP contribution in [-0.4, -0.2) is 50.7 Å². The first-order chi connectivity index (χ1) is 22.4. The van der Waals surface area contributed by atoms with Gasteiger partial charge in [-0.1, -0.05) is 38.6 Å². The molecule has 1 amide bonds. The zero-order chi connectivity index (χ0) is 33.9. The summed E-state index contributed by atoms with van der Waals surface area (Å²) in [5, 5.41) is 18.7. The number of halogens is 1. The Kier molecular flexibility index (Phi) is 12.3. The second-order valence-corrected chi connectivity index (χ2v) is 12.4. The predicted molar refractivity (Wildman–Crippen MR) is 187 cm³/mol. The van der Waals surface area contributed by atoms with Crippen molar-refractivity contribution in [1.29, 1.82) is 0 Å². The Hall–Kier alpha value is -4.82. The van der Waals surface area contributed by atoms with E-state index in [0.29, 0.717) is 17.9 Å². The van der Waals surface area contributed by atoms with E-state index in [2.05, 4.69) is 27.6 Å². The van der Waals surface area contributed by atoms with E-state index in [-0.39, 0.29) is 72.7 Å². The average molecular weight is 698 g/mol. The number of benzene rings is 1. The molecule has 2 aromatic carbocycles. The number of rotatable bonds is 10. The van der Waals surface area contributed by atoms with Gasteiger partial charge < -0.3 is 31.9 Å². The highest BCUT2D eigenvalue weighted by Crippen LogP contribution is 2.59. The first-order valence-corrected chi connectivity index (χ1v) is 15.6. The Balaban J connectivity index is 0.000000307. The fraction of sp³-hybridized carbons (Fsp3) is 0.441. The number of fused-ring (bicyclic) bond motifs is 4. The number of carboxylic acid groups (broad SMARTS) is 1. The Morgan fingerprint density at radius 1 is 1.06 bits per heavy atom. The van der Waals surface area contributed by atoms with Crippen LogP contribution in [0.4, 0.5) is 11.4 Å². The second kappa shape index (κ2) is 15.6. The van der Waals surface area contributed by atoms with Crippen LogP contribution in [0.1, 0.15) is 85.5 Å². The number of carbonyl (C=O) groups is 3. The summed E-state index contributed by atoms with van der Waals surface area (Å²) >= 11 is 0. The molecule has 14 nitrogen and oxygen atoms in total. The first-order valence-electron chi connectivity index (χ1n) is 15.6.